The lowest BCUT2D eigenvalue weighted by Gasteiger charge is -2.14. The van der Waals surface area contributed by atoms with E-state index in [-0.39, 0.29) is 11.6 Å². The van der Waals surface area contributed by atoms with Crippen molar-refractivity contribution in [3.05, 3.63) is 77.1 Å². The van der Waals surface area contributed by atoms with Gasteiger partial charge in [-0.1, -0.05) is 11.6 Å². The van der Waals surface area contributed by atoms with Gasteiger partial charge in [-0.3, -0.25) is 4.79 Å². The number of alkyl halides is 3. The monoisotopic (exact) mass is 571 g/mol. The van der Waals surface area contributed by atoms with E-state index >= 15 is 0 Å². The van der Waals surface area contributed by atoms with Gasteiger partial charge in [0.15, 0.2) is 5.82 Å². The summed E-state index contributed by atoms with van der Waals surface area (Å²) in [4.78, 5) is 31.6. The lowest BCUT2D eigenvalue weighted by Crippen LogP contribution is -2.33. The summed E-state index contributed by atoms with van der Waals surface area (Å²) in [6, 6.07) is 10.8. The number of likely N-dealkylation sites (tertiary alicyclic amines) is 1. The van der Waals surface area contributed by atoms with Crippen LogP contribution in [-0.2, 0) is 6.18 Å². The molecule has 5 rings (SSSR count). The fourth-order valence-corrected chi connectivity index (χ4v) is 4.72. The molecule has 3 N–H and O–H groups in total. The van der Waals surface area contributed by atoms with Gasteiger partial charge >= 0.3 is 12.2 Å². The molecule has 9 nitrogen and oxygen atoms in total. The normalized spacial score (nSPS) is 13.9. The molecular formula is C27H25ClF3N7O2. The maximum atomic E-state index is 13.1. The molecule has 0 unspecified atom stereocenters. The third kappa shape index (κ3) is 6.35. The number of nitrogens with zero attached hydrogens (tertiary/aromatic N) is 4. The highest BCUT2D eigenvalue weighted by molar-refractivity contribution is 6.31. The first-order chi connectivity index (χ1) is 19.2. The van der Waals surface area contributed by atoms with Crippen molar-refractivity contribution in [3.8, 4) is 5.82 Å². The lowest BCUT2D eigenvalue weighted by atomic mass is 10.1. The fraction of sp³-hybridized carbons (Fsp3) is 0.259. The fourth-order valence-electron chi connectivity index (χ4n) is 4.49. The zero-order valence-electron chi connectivity index (χ0n) is 21.1. The van der Waals surface area contributed by atoms with E-state index in [0.717, 1.165) is 42.7 Å². The Kier molecular flexibility index (Phi) is 7.90. The van der Waals surface area contributed by atoms with Crippen molar-refractivity contribution in [2.75, 3.05) is 36.8 Å². The molecule has 1 saturated heterocycles. The van der Waals surface area contributed by atoms with Crippen LogP contribution in [0.15, 0.2) is 60.9 Å². The number of hydrogen-bond donors (Lipinski definition) is 3. The third-order valence-electron chi connectivity index (χ3n) is 6.49. The van der Waals surface area contributed by atoms with Crippen LogP contribution in [0.4, 0.5) is 29.3 Å². The van der Waals surface area contributed by atoms with Crippen LogP contribution < -0.4 is 16.0 Å². The highest BCUT2D eigenvalue weighted by Gasteiger charge is 2.33. The second-order valence-electron chi connectivity index (χ2n) is 9.31. The van der Waals surface area contributed by atoms with Crippen molar-refractivity contribution in [2.45, 2.75) is 19.0 Å². The second-order valence-corrected chi connectivity index (χ2v) is 9.72. The summed E-state index contributed by atoms with van der Waals surface area (Å²) in [7, 11) is 0. The van der Waals surface area contributed by atoms with E-state index < -0.39 is 22.8 Å². The Morgan fingerprint density at radius 3 is 2.42 bits per heavy atom. The van der Waals surface area contributed by atoms with Crippen LogP contribution in [0, 0.1) is 0 Å². The molecule has 1 aliphatic rings. The molecule has 13 heteroatoms. The standard InChI is InChI=1S/C27H25ClF3N7O2/c28-22-6-4-19(14-21(22)27(29,30)31)35-26(40)36-20-5-8-24(33-16-20)38-23-7-3-17(13-18(23)15-34-38)25(39)32-9-12-37-10-1-2-11-37/h3-8,13-16H,1-2,9-12H2,(H,32,39)(H2,35,36,40). The zero-order valence-corrected chi connectivity index (χ0v) is 21.9. The maximum absolute atomic E-state index is 13.1. The molecule has 0 bridgehead atoms. The van der Waals surface area contributed by atoms with Gasteiger partial charge in [0.2, 0.25) is 0 Å². The predicted octanol–water partition coefficient (Wildman–Crippen LogP) is 5.56. The molecule has 2 aromatic heterocycles. The second kappa shape index (κ2) is 11.5. The van der Waals surface area contributed by atoms with Crippen molar-refractivity contribution < 1.29 is 22.8 Å². The van der Waals surface area contributed by atoms with Crippen molar-refractivity contribution in [2.24, 2.45) is 0 Å². The van der Waals surface area contributed by atoms with E-state index in [1.54, 1.807) is 41.2 Å². The van der Waals surface area contributed by atoms with Gasteiger partial charge in [0.25, 0.3) is 5.91 Å². The molecule has 0 atom stereocenters. The summed E-state index contributed by atoms with van der Waals surface area (Å²) in [5, 5.41) is 12.5. The first kappa shape index (κ1) is 27.4. The SMILES string of the molecule is O=C(Nc1ccc(-n2ncc3cc(C(=O)NCCN4CCCC4)ccc32)nc1)Nc1ccc(Cl)c(C(F)(F)F)c1. The minimum absolute atomic E-state index is 0.0681. The number of fused-ring (bicyclic) bond motifs is 1. The average molecular weight is 572 g/mol. The van der Waals surface area contributed by atoms with Gasteiger partial charge in [0, 0.05) is 29.7 Å². The number of pyridine rings is 1. The van der Waals surface area contributed by atoms with Crippen LogP contribution in [0.5, 0.6) is 0 Å². The number of halogens is 4. The molecule has 1 aliphatic heterocycles. The molecule has 3 heterocycles. The summed E-state index contributed by atoms with van der Waals surface area (Å²) < 4.78 is 40.8. The Balaban J connectivity index is 1.21. The number of hydrogen-bond acceptors (Lipinski definition) is 5. The summed E-state index contributed by atoms with van der Waals surface area (Å²) in [5.41, 5.74) is 0.476. The largest absolute Gasteiger partial charge is 0.417 e. The predicted molar refractivity (Wildman–Crippen MR) is 146 cm³/mol. The van der Waals surface area contributed by atoms with Crippen LogP contribution >= 0.6 is 11.6 Å². The number of urea groups is 1. The van der Waals surface area contributed by atoms with Gasteiger partial charge in [-0.25, -0.2) is 14.5 Å². The van der Waals surface area contributed by atoms with Crippen molar-refractivity contribution in [1.29, 1.82) is 0 Å². The average Bonchev–Trinajstić information content (AvgIpc) is 3.59. The molecule has 1 fully saturated rings. The summed E-state index contributed by atoms with van der Waals surface area (Å²) in [6.45, 7) is 3.58. The molecular weight excluding hydrogens is 547 g/mol. The van der Waals surface area contributed by atoms with Gasteiger partial charge in [-0.05, 0) is 74.5 Å². The molecule has 0 aliphatic carbocycles. The zero-order chi connectivity index (χ0) is 28.3. The van der Waals surface area contributed by atoms with Crippen molar-refractivity contribution in [3.63, 3.8) is 0 Å². The molecule has 4 aromatic rings. The minimum Gasteiger partial charge on any atom is -0.351 e. The first-order valence-corrected chi connectivity index (χ1v) is 12.9. The first-order valence-electron chi connectivity index (χ1n) is 12.6. The highest BCUT2D eigenvalue weighted by atomic mass is 35.5. The number of nitrogens with one attached hydrogen (secondary N) is 3. The number of benzene rings is 2. The summed E-state index contributed by atoms with van der Waals surface area (Å²) in [6.07, 6.45) is 0.796. The molecule has 0 spiro atoms. The van der Waals surface area contributed by atoms with Crippen molar-refractivity contribution >= 4 is 45.8 Å². The van der Waals surface area contributed by atoms with E-state index in [1.807, 2.05) is 0 Å². The Morgan fingerprint density at radius 1 is 0.950 bits per heavy atom. The Bertz CT molecular complexity index is 1530. The van der Waals surface area contributed by atoms with E-state index in [0.29, 0.717) is 23.6 Å². The topological polar surface area (TPSA) is 104 Å². The number of anilines is 2. The number of carbonyl (C=O) groups is 2. The van der Waals surface area contributed by atoms with Crippen LogP contribution in [0.3, 0.4) is 0 Å². The van der Waals surface area contributed by atoms with Gasteiger partial charge in [0.05, 0.1) is 34.2 Å². The quantitative estimate of drug-likeness (QED) is 0.269. The molecule has 2 aromatic carbocycles. The lowest BCUT2D eigenvalue weighted by molar-refractivity contribution is -0.137. The molecule has 3 amide bonds. The van der Waals surface area contributed by atoms with Gasteiger partial charge < -0.3 is 20.9 Å². The molecule has 0 saturated carbocycles. The third-order valence-corrected chi connectivity index (χ3v) is 6.82. The summed E-state index contributed by atoms with van der Waals surface area (Å²) >= 11 is 5.62. The van der Waals surface area contributed by atoms with E-state index in [1.165, 1.54) is 25.1 Å². The molecule has 0 radical (unpaired) electrons. The molecule has 208 valence electrons. The number of aromatic nitrogens is 3. The van der Waals surface area contributed by atoms with E-state index in [9.17, 15) is 22.8 Å². The summed E-state index contributed by atoms with van der Waals surface area (Å²) in [5.74, 6) is 0.324. The van der Waals surface area contributed by atoms with Crippen LogP contribution in [0.25, 0.3) is 16.7 Å². The van der Waals surface area contributed by atoms with Crippen LogP contribution in [-0.4, -0.2) is 57.8 Å². The Labute approximate surface area is 232 Å². The van der Waals surface area contributed by atoms with Gasteiger partial charge in [-0.2, -0.15) is 18.3 Å². The minimum atomic E-state index is -4.65. The maximum Gasteiger partial charge on any atom is 0.417 e. The molecule has 40 heavy (non-hydrogen) atoms. The van der Waals surface area contributed by atoms with E-state index in [4.69, 9.17) is 11.6 Å². The van der Waals surface area contributed by atoms with E-state index in [2.05, 4.69) is 30.9 Å². The van der Waals surface area contributed by atoms with Crippen LogP contribution in [0.1, 0.15) is 28.8 Å². The van der Waals surface area contributed by atoms with Crippen LogP contribution in [0.2, 0.25) is 5.02 Å². The van der Waals surface area contributed by atoms with Gasteiger partial charge in [0.1, 0.15) is 0 Å². The Hall–Kier alpha value is -4.16. The number of carbonyl (C=O) groups excluding carboxylic acids is 2. The van der Waals surface area contributed by atoms with Crippen molar-refractivity contribution in [1.82, 2.24) is 25.0 Å². The highest BCUT2D eigenvalue weighted by Crippen LogP contribution is 2.36. The number of rotatable bonds is 7. The number of amides is 3. The smallest absolute Gasteiger partial charge is 0.351 e. The Morgan fingerprint density at radius 2 is 1.70 bits per heavy atom. The van der Waals surface area contributed by atoms with Gasteiger partial charge in [-0.15, -0.1) is 0 Å².